The highest BCUT2D eigenvalue weighted by Crippen LogP contribution is 2.22. The monoisotopic (exact) mass is 341 g/mol. The summed E-state index contributed by atoms with van der Waals surface area (Å²) in [5.41, 5.74) is -0.498. The fraction of sp³-hybridized carbons (Fsp3) is 0.0667. The topological polar surface area (TPSA) is 95.9 Å². The van der Waals surface area contributed by atoms with Gasteiger partial charge in [-0.2, -0.15) is 0 Å². The minimum absolute atomic E-state index is 0.125. The van der Waals surface area contributed by atoms with Crippen LogP contribution in [0.15, 0.2) is 30.3 Å². The molecule has 0 aliphatic rings. The largest absolute Gasteiger partial charge is 0.508 e. The molecule has 6 nitrogen and oxygen atoms in total. The Balaban J connectivity index is 2.07. The van der Waals surface area contributed by atoms with Crippen LogP contribution in [-0.2, 0) is 4.79 Å². The summed E-state index contributed by atoms with van der Waals surface area (Å²) < 4.78 is 43.9. The first kappa shape index (κ1) is 17.1. The first-order chi connectivity index (χ1) is 11.3. The molecule has 0 heterocycles. The van der Waals surface area contributed by atoms with E-state index in [9.17, 15) is 27.9 Å². The summed E-state index contributed by atoms with van der Waals surface area (Å²) in [5.74, 6) is -7.20. The van der Waals surface area contributed by atoms with Gasteiger partial charge in [-0.1, -0.05) is 0 Å². The second-order valence-electron chi connectivity index (χ2n) is 4.57. The molecule has 0 fully saturated rings. The van der Waals surface area contributed by atoms with Gasteiger partial charge in [-0.25, -0.2) is 18.0 Å². The number of carboxylic acids is 1. The van der Waals surface area contributed by atoms with Gasteiger partial charge >= 0.3 is 5.97 Å². The van der Waals surface area contributed by atoms with Gasteiger partial charge in [0.15, 0.2) is 29.8 Å². The lowest BCUT2D eigenvalue weighted by Crippen LogP contribution is -2.22. The van der Waals surface area contributed by atoms with Crippen molar-refractivity contribution in [2.75, 3.05) is 11.9 Å². The van der Waals surface area contributed by atoms with Crippen LogP contribution in [-0.4, -0.2) is 28.7 Å². The molecular weight excluding hydrogens is 331 g/mol. The summed E-state index contributed by atoms with van der Waals surface area (Å²) in [6.45, 7) is -0.776. The summed E-state index contributed by atoms with van der Waals surface area (Å²) in [4.78, 5) is 22.8. The van der Waals surface area contributed by atoms with Crippen molar-refractivity contribution in [2.45, 2.75) is 0 Å². The number of carbonyl (C=O) groups excluding carboxylic acids is 1. The van der Waals surface area contributed by atoms with E-state index in [4.69, 9.17) is 9.84 Å². The quantitative estimate of drug-likeness (QED) is 0.574. The van der Waals surface area contributed by atoms with E-state index in [0.717, 1.165) is 18.2 Å². The van der Waals surface area contributed by atoms with E-state index in [1.165, 1.54) is 0 Å². The maximum atomic E-state index is 13.4. The van der Waals surface area contributed by atoms with Crippen molar-refractivity contribution in [3.05, 3.63) is 53.3 Å². The Bertz CT molecular complexity index is 810. The Hall–Kier alpha value is -3.23. The molecule has 0 spiro atoms. The first-order valence-corrected chi connectivity index (χ1v) is 6.41. The standard InChI is InChI=1S/C15H10F3NO5/c16-9-4-11(18)13(5-10(9)17)24-6-14(21)19-12-2-1-7(20)3-8(12)15(22)23/h1-5,20H,6H2,(H,19,21)(H,22,23). The third kappa shape index (κ3) is 3.94. The molecule has 9 heteroatoms. The molecule has 0 aliphatic heterocycles. The zero-order chi connectivity index (χ0) is 17.9. The number of hydrogen-bond acceptors (Lipinski definition) is 4. The van der Waals surface area contributed by atoms with Gasteiger partial charge in [0.25, 0.3) is 5.91 Å². The molecule has 0 radical (unpaired) electrons. The molecule has 24 heavy (non-hydrogen) atoms. The van der Waals surface area contributed by atoms with Crippen LogP contribution >= 0.6 is 0 Å². The average molecular weight is 341 g/mol. The number of ether oxygens (including phenoxy) is 1. The Kier molecular flexibility index (Phi) is 4.93. The van der Waals surface area contributed by atoms with Gasteiger partial charge in [-0.05, 0) is 18.2 Å². The van der Waals surface area contributed by atoms with Gasteiger partial charge in [-0.15, -0.1) is 0 Å². The molecule has 2 rings (SSSR count). The van der Waals surface area contributed by atoms with Gasteiger partial charge in [0.2, 0.25) is 0 Å². The van der Waals surface area contributed by atoms with Crippen molar-refractivity contribution in [3.8, 4) is 11.5 Å². The highest BCUT2D eigenvalue weighted by molar-refractivity contribution is 6.01. The number of aromatic hydroxyl groups is 1. The van der Waals surface area contributed by atoms with Crippen LogP contribution in [0.2, 0.25) is 0 Å². The van der Waals surface area contributed by atoms with Gasteiger partial charge in [0, 0.05) is 12.1 Å². The van der Waals surface area contributed by atoms with Crippen LogP contribution in [0.4, 0.5) is 18.9 Å². The number of nitrogens with one attached hydrogen (secondary N) is 1. The Morgan fingerprint density at radius 3 is 2.38 bits per heavy atom. The number of anilines is 1. The number of carboxylic acid groups (broad SMARTS) is 1. The number of benzene rings is 2. The fourth-order valence-corrected chi connectivity index (χ4v) is 1.76. The number of phenols is 1. The minimum atomic E-state index is -1.40. The Labute approximate surface area is 133 Å². The third-order valence-corrected chi connectivity index (χ3v) is 2.84. The molecule has 0 saturated heterocycles. The van der Waals surface area contributed by atoms with Crippen LogP contribution in [0.3, 0.4) is 0 Å². The lowest BCUT2D eigenvalue weighted by molar-refractivity contribution is -0.118. The predicted molar refractivity (Wildman–Crippen MR) is 75.5 cm³/mol. The Morgan fingerprint density at radius 1 is 1.04 bits per heavy atom. The molecule has 126 valence electrons. The molecule has 0 aliphatic carbocycles. The van der Waals surface area contributed by atoms with Crippen LogP contribution in [0.1, 0.15) is 10.4 Å². The maximum absolute atomic E-state index is 13.4. The van der Waals surface area contributed by atoms with Gasteiger partial charge in [-0.3, -0.25) is 4.79 Å². The van der Waals surface area contributed by atoms with E-state index >= 15 is 0 Å². The van der Waals surface area contributed by atoms with Crippen molar-refractivity contribution < 1.29 is 37.7 Å². The molecule has 3 N–H and O–H groups in total. The van der Waals surface area contributed by atoms with Gasteiger partial charge in [0.1, 0.15) is 5.75 Å². The zero-order valence-electron chi connectivity index (χ0n) is 11.8. The smallest absolute Gasteiger partial charge is 0.337 e. The number of carbonyl (C=O) groups is 2. The average Bonchev–Trinajstić information content (AvgIpc) is 2.51. The van der Waals surface area contributed by atoms with E-state index in [-0.39, 0.29) is 23.1 Å². The second kappa shape index (κ2) is 6.90. The van der Waals surface area contributed by atoms with E-state index in [2.05, 4.69) is 5.32 Å². The van der Waals surface area contributed by atoms with Crippen LogP contribution < -0.4 is 10.1 Å². The highest BCUT2D eigenvalue weighted by atomic mass is 19.2. The van der Waals surface area contributed by atoms with Crippen LogP contribution in [0.25, 0.3) is 0 Å². The lowest BCUT2D eigenvalue weighted by atomic mass is 10.1. The van der Waals surface area contributed by atoms with Crippen molar-refractivity contribution in [1.82, 2.24) is 0 Å². The number of aromatic carboxylic acids is 1. The highest BCUT2D eigenvalue weighted by Gasteiger charge is 2.15. The van der Waals surface area contributed by atoms with E-state index in [1.807, 2.05) is 0 Å². The van der Waals surface area contributed by atoms with Crippen LogP contribution in [0, 0.1) is 17.5 Å². The summed E-state index contributed by atoms with van der Waals surface area (Å²) in [5, 5.41) is 20.4. The molecule has 0 aromatic heterocycles. The van der Waals surface area contributed by atoms with Crippen molar-refractivity contribution >= 4 is 17.6 Å². The molecular formula is C15H10F3NO5. The molecule has 2 aromatic carbocycles. The predicted octanol–water partition coefficient (Wildman–Crippen LogP) is 2.53. The molecule has 2 aromatic rings. The molecule has 1 amide bonds. The SMILES string of the molecule is O=C(COc1cc(F)c(F)cc1F)Nc1ccc(O)cc1C(=O)O. The summed E-state index contributed by atoms with van der Waals surface area (Å²) >= 11 is 0. The van der Waals surface area contributed by atoms with E-state index in [1.54, 1.807) is 0 Å². The number of rotatable bonds is 5. The molecule has 0 bridgehead atoms. The number of hydrogen-bond donors (Lipinski definition) is 3. The number of phenolic OH excluding ortho intramolecular Hbond substituents is 1. The second-order valence-corrected chi connectivity index (χ2v) is 4.57. The molecule has 0 atom stereocenters. The Morgan fingerprint density at radius 2 is 1.71 bits per heavy atom. The molecule has 0 unspecified atom stereocenters. The van der Waals surface area contributed by atoms with Crippen molar-refractivity contribution in [3.63, 3.8) is 0 Å². The van der Waals surface area contributed by atoms with Gasteiger partial charge < -0.3 is 20.3 Å². The minimum Gasteiger partial charge on any atom is -0.508 e. The first-order valence-electron chi connectivity index (χ1n) is 6.41. The fourth-order valence-electron chi connectivity index (χ4n) is 1.76. The van der Waals surface area contributed by atoms with E-state index < -0.39 is 41.7 Å². The summed E-state index contributed by atoms with van der Waals surface area (Å²) in [7, 11) is 0. The maximum Gasteiger partial charge on any atom is 0.337 e. The zero-order valence-corrected chi connectivity index (χ0v) is 11.8. The summed E-state index contributed by atoms with van der Waals surface area (Å²) in [6, 6.07) is 3.94. The third-order valence-electron chi connectivity index (χ3n) is 2.84. The van der Waals surface area contributed by atoms with E-state index in [0.29, 0.717) is 6.07 Å². The van der Waals surface area contributed by atoms with Crippen molar-refractivity contribution in [2.24, 2.45) is 0 Å². The van der Waals surface area contributed by atoms with Crippen LogP contribution in [0.5, 0.6) is 11.5 Å². The van der Waals surface area contributed by atoms with Gasteiger partial charge in [0.05, 0.1) is 11.3 Å². The lowest BCUT2D eigenvalue weighted by Gasteiger charge is -2.10. The normalized spacial score (nSPS) is 10.3. The summed E-state index contributed by atoms with van der Waals surface area (Å²) in [6.07, 6.45) is 0. The molecule has 0 saturated carbocycles. The number of amides is 1. The number of halogens is 3. The van der Waals surface area contributed by atoms with Crippen molar-refractivity contribution in [1.29, 1.82) is 0 Å².